The first-order valence-electron chi connectivity index (χ1n) is 10.5. The summed E-state index contributed by atoms with van der Waals surface area (Å²) in [7, 11) is -1.49. The van der Waals surface area contributed by atoms with E-state index in [0.29, 0.717) is 37.7 Å². The van der Waals surface area contributed by atoms with Crippen LogP contribution in [0.4, 0.5) is 0 Å². The van der Waals surface area contributed by atoms with Gasteiger partial charge < -0.3 is 14.7 Å². The summed E-state index contributed by atoms with van der Waals surface area (Å²) in [5.74, 6) is 0.947. The molecule has 2 saturated heterocycles. The minimum absolute atomic E-state index is 0.00666. The predicted octanol–water partition coefficient (Wildman–Crippen LogP) is 0.873. The standard InChI is InChI=1S/C19H31N5O4S/c1-13-12-24(29(26,27)23-8-6-22(3)7-9-23)14(2)10-16(13)20-19(25)17-11-18(28-21-17)15-4-5-15/h11,13-16H,4-10,12H2,1-3H3,(H,20,25)/t13-,14-,16+/m0/s1. The predicted molar refractivity (Wildman–Crippen MR) is 108 cm³/mol. The van der Waals surface area contributed by atoms with Gasteiger partial charge in [0.25, 0.3) is 16.1 Å². The van der Waals surface area contributed by atoms with Gasteiger partial charge in [-0.1, -0.05) is 12.1 Å². The fourth-order valence-electron chi connectivity index (χ4n) is 4.20. The molecular weight excluding hydrogens is 394 g/mol. The molecule has 1 saturated carbocycles. The maximum Gasteiger partial charge on any atom is 0.282 e. The fraction of sp³-hybridized carbons (Fsp3) is 0.789. The number of hydrogen-bond acceptors (Lipinski definition) is 6. The van der Waals surface area contributed by atoms with E-state index in [4.69, 9.17) is 4.52 Å². The Bertz CT molecular complexity index is 845. The molecule has 9 nitrogen and oxygen atoms in total. The fourth-order valence-corrected chi connectivity index (χ4v) is 6.08. The summed E-state index contributed by atoms with van der Waals surface area (Å²) in [5.41, 5.74) is 0.305. The van der Waals surface area contributed by atoms with Crippen molar-refractivity contribution in [2.45, 2.75) is 51.1 Å². The zero-order chi connectivity index (χ0) is 20.8. The van der Waals surface area contributed by atoms with Gasteiger partial charge >= 0.3 is 0 Å². The van der Waals surface area contributed by atoms with Gasteiger partial charge in [-0.05, 0) is 39.2 Å². The van der Waals surface area contributed by atoms with Crippen molar-refractivity contribution in [1.29, 1.82) is 0 Å². The number of rotatable bonds is 5. The molecule has 0 aromatic carbocycles. The second kappa shape index (κ2) is 7.98. The van der Waals surface area contributed by atoms with E-state index in [1.807, 2.05) is 20.9 Å². The van der Waals surface area contributed by atoms with Crippen LogP contribution in [0, 0.1) is 5.92 Å². The van der Waals surface area contributed by atoms with Crippen molar-refractivity contribution in [2.75, 3.05) is 39.8 Å². The first-order chi connectivity index (χ1) is 13.8. The Morgan fingerprint density at radius 3 is 2.55 bits per heavy atom. The molecular formula is C19H31N5O4S. The van der Waals surface area contributed by atoms with Gasteiger partial charge in [0.2, 0.25) is 0 Å². The Morgan fingerprint density at radius 2 is 1.90 bits per heavy atom. The first-order valence-corrected chi connectivity index (χ1v) is 11.9. The quantitative estimate of drug-likeness (QED) is 0.752. The van der Waals surface area contributed by atoms with Gasteiger partial charge in [-0.3, -0.25) is 4.79 Å². The van der Waals surface area contributed by atoms with E-state index in [-0.39, 0.29) is 23.9 Å². The molecule has 3 aliphatic rings. The monoisotopic (exact) mass is 425 g/mol. The number of carbonyl (C=O) groups excluding carboxylic acids is 1. The number of aromatic nitrogens is 1. The molecule has 2 aliphatic heterocycles. The summed E-state index contributed by atoms with van der Waals surface area (Å²) in [6.45, 7) is 6.83. The highest BCUT2D eigenvalue weighted by molar-refractivity contribution is 7.86. The van der Waals surface area contributed by atoms with Crippen molar-refractivity contribution in [2.24, 2.45) is 5.92 Å². The molecule has 0 spiro atoms. The third-order valence-corrected chi connectivity index (χ3v) is 8.50. The number of nitrogens with zero attached hydrogens (tertiary/aromatic N) is 4. The maximum absolute atomic E-state index is 13.1. The van der Waals surface area contributed by atoms with E-state index in [2.05, 4.69) is 15.4 Å². The van der Waals surface area contributed by atoms with E-state index >= 15 is 0 Å². The number of amides is 1. The Balaban J connectivity index is 1.38. The smallest absolute Gasteiger partial charge is 0.282 e. The normalized spacial score (nSPS) is 30.4. The third-order valence-electron chi connectivity index (χ3n) is 6.38. The molecule has 4 rings (SSSR count). The van der Waals surface area contributed by atoms with E-state index in [1.54, 1.807) is 14.7 Å². The van der Waals surface area contributed by atoms with Crippen LogP contribution in [0.5, 0.6) is 0 Å². The molecule has 3 atom stereocenters. The Kier molecular flexibility index (Phi) is 5.71. The number of carbonyl (C=O) groups is 1. The molecule has 0 unspecified atom stereocenters. The SMILES string of the molecule is C[C@H]1CN(S(=O)(=O)N2CCN(C)CC2)[C@@H](C)C[C@H]1NC(=O)c1cc(C2CC2)on1. The molecule has 1 N–H and O–H groups in total. The van der Waals surface area contributed by atoms with E-state index in [0.717, 1.165) is 31.7 Å². The van der Waals surface area contributed by atoms with E-state index < -0.39 is 10.2 Å². The van der Waals surface area contributed by atoms with Crippen LogP contribution >= 0.6 is 0 Å². The molecule has 1 aromatic heterocycles. The van der Waals surface area contributed by atoms with Crippen LogP contribution in [0.2, 0.25) is 0 Å². The van der Waals surface area contributed by atoms with Crippen molar-refractivity contribution >= 4 is 16.1 Å². The lowest BCUT2D eigenvalue weighted by Gasteiger charge is -2.43. The van der Waals surface area contributed by atoms with Crippen LogP contribution in [0.1, 0.15) is 55.3 Å². The zero-order valence-electron chi connectivity index (χ0n) is 17.4. The minimum atomic E-state index is -3.49. The highest BCUT2D eigenvalue weighted by atomic mass is 32.2. The number of nitrogens with one attached hydrogen (secondary N) is 1. The highest BCUT2D eigenvalue weighted by Crippen LogP contribution is 2.40. The van der Waals surface area contributed by atoms with Gasteiger partial charge in [0.15, 0.2) is 5.69 Å². The van der Waals surface area contributed by atoms with Crippen LogP contribution in [0.15, 0.2) is 10.6 Å². The van der Waals surface area contributed by atoms with Crippen molar-refractivity contribution in [3.8, 4) is 0 Å². The maximum atomic E-state index is 13.1. The van der Waals surface area contributed by atoms with Crippen molar-refractivity contribution in [3.05, 3.63) is 17.5 Å². The number of piperidine rings is 1. The summed E-state index contributed by atoms with van der Waals surface area (Å²) in [6, 6.07) is 1.45. The molecule has 0 bridgehead atoms. The largest absolute Gasteiger partial charge is 0.360 e. The lowest BCUT2D eigenvalue weighted by Crippen LogP contribution is -2.59. The van der Waals surface area contributed by atoms with Crippen LogP contribution in [0.25, 0.3) is 0 Å². The average Bonchev–Trinajstić information content (AvgIpc) is 3.41. The van der Waals surface area contributed by atoms with Crippen molar-refractivity contribution in [1.82, 2.24) is 24.0 Å². The van der Waals surface area contributed by atoms with Gasteiger partial charge in [0.05, 0.1) is 0 Å². The number of likely N-dealkylation sites (N-methyl/N-ethyl adjacent to an activating group) is 1. The van der Waals surface area contributed by atoms with Crippen LogP contribution in [-0.2, 0) is 10.2 Å². The summed E-state index contributed by atoms with van der Waals surface area (Å²) in [5, 5.41) is 6.95. The average molecular weight is 426 g/mol. The number of hydrogen-bond donors (Lipinski definition) is 1. The van der Waals surface area contributed by atoms with Gasteiger partial charge in [0, 0.05) is 56.8 Å². The van der Waals surface area contributed by atoms with Gasteiger partial charge in [-0.2, -0.15) is 17.0 Å². The molecule has 0 radical (unpaired) electrons. The molecule has 3 heterocycles. The molecule has 1 aromatic rings. The topological polar surface area (TPSA) is 99.0 Å². The van der Waals surface area contributed by atoms with Gasteiger partial charge in [-0.25, -0.2) is 0 Å². The molecule has 1 aliphatic carbocycles. The second-order valence-corrected chi connectivity index (χ2v) is 10.7. The summed E-state index contributed by atoms with van der Waals surface area (Å²) < 4.78 is 34.8. The van der Waals surface area contributed by atoms with Crippen LogP contribution in [0.3, 0.4) is 0 Å². The lowest BCUT2D eigenvalue weighted by atomic mass is 9.91. The van der Waals surface area contributed by atoms with Crippen molar-refractivity contribution < 1.29 is 17.7 Å². The molecule has 3 fully saturated rings. The molecule has 1 amide bonds. The first kappa shape index (κ1) is 20.8. The summed E-state index contributed by atoms with van der Waals surface area (Å²) in [4.78, 5) is 14.7. The Labute approximate surface area is 172 Å². The number of piperazine rings is 1. The second-order valence-electron chi connectivity index (χ2n) is 8.81. The molecule has 10 heteroatoms. The summed E-state index contributed by atoms with van der Waals surface area (Å²) >= 11 is 0. The summed E-state index contributed by atoms with van der Waals surface area (Å²) in [6.07, 6.45) is 2.75. The highest BCUT2D eigenvalue weighted by Gasteiger charge is 2.41. The molecule has 29 heavy (non-hydrogen) atoms. The van der Waals surface area contributed by atoms with Gasteiger partial charge in [-0.15, -0.1) is 0 Å². The Hall–Kier alpha value is -1.49. The van der Waals surface area contributed by atoms with Gasteiger partial charge in [0.1, 0.15) is 5.76 Å². The van der Waals surface area contributed by atoms with E-state index in [1.165, 1.54) is 0 Å². The van der Waals surface area contributed by atoms with Crippen LogP contribution in [-0.4, -0.2) is 84.8 Å². The Morgan fingerprint density at radius 1 is 1.21 bits per heavy atom. The third kappa shape index (κ3) is 4.35. The molecule has 162 valence electrons. The van der Waals surface area contributed by atoms with Crippen molar-refractivity contribution in [3.63, 3.8) is 0 Å². The minimum Gasteiger partial charge on any atom is -0.360 e. The lowest BCUT2D eigenvalue weighted by molar-refractivity contribution is 0.0864. The van der Waals surface area contributed by atoms with E-state index in [9.17, 15) is 13.2 Å². The van der Waals surface area contributed by atoms with Crippen LogP contribution < -0.4 is 5.32 Å². The zero-order valence-corrected chi connectivity index (χ0v) is 18.2.